The summed E-state index contributed by atoms with van der Waals surface area (Å²) >= 11 is 0. The van der Waals surface area contributed by atoms with Gasteiger partial charge in [0.2, 0.25) is 5.56 Å². The Hall–Kier alpha value is -2.83. The van der Waals surface area contributed by atoms with Crippen LogP contribution in [0.1, 0.15) is 26.7 Å². The molecule has 2 aromatic rings. The number of nitrogens with one attached hydrogen (secondary N) is 2. The van der Waals surface area contributed by atoms with E-state index in [1.165, 1.54) is 12.1 Å². The number of hydrogen-bond donors (Lipinski definition) is 2. The molecule has 28 heavy (non-hydrogen) atoms. The van der Waals surface area contributed by atoms with Gasteiger partial charge >= 0.3 is 0 Å². The Morgan fingerprint density at radius 2 is 1.96 bits per heavy atom. The average Bonchev–Trinajstić information content (AvgIpc) is 2.69. The standard InChI is InChI=1S/C21H29FN4O2/c1-3-23-21(24-13-5-7-15-26-14-6-4-8-20(26)27)25-16-17(2)28-19-11-9-18(22)10-12-19/h4,6,8-12,14,17H,3,5,7,13,15-16H2,1-2H3,(H2,23,24,25). The van der Waals surface area contributed by atoms with E-state index in [9.17, 15) is 9.18 Å². The monoisotopic (exact) mass is 388 g/mol. The Balaban J connectivity index is 1.72. The maximum Gasteiger partial charge on any atom is 0.250 e. The second-order valence-electron chi connectivity index (χ2n) is 6.47. The zero-order chi connectivity index (χ0) is 20.2. The number of unbranched alkanes of at least 4 members (excludes halogenated alkanes) is 1. The highest BCUT2D eigenvalue weighted by molar-refractivity contribution is 5.79. The molecule has 0 aliphatic heterocycles. The van der Waals surface area contributed by atoms with Crippen LogP contribution in [0.3, 0.4) is 0 Å². The van der Waals surface area contributed by atoms with Crippen LogP contribution in [0.2, 0.25) is 0 Å². The summed E-state index contributed by atoms with van der Waals surface area (Å²) in [6.45, 7) is 6.65. The third-order valence-corrected chi connectivity index (χ3v) is 4.02. The summed E-state index contributed by atoms with van der Waals surface area (Å²) in [5.74, 6) is 1.07. The number of guanidine groups is 1. The maximum atomic E-state index is 12.9. The van der Waals surface area contributed by atoms with Gasteiger partial charge in [-0.05, 0) is 57.0 Å². The number of halogens is 1. The highest BCUT2D eigenvalue weighted by atomic mass is 19.1. The molecule has 1 atom stereocenters. The smallest absolute Gasteiger partial charge is 0.250 e. The largest absolute Gasteiger partial charge is 0.489 e. The van der Waals surface area contributed by atoms with Gasteiger partial charge in [-0.1, -0.05) is 6.07 Å². The lowest BCUT2D eigenvalue weighted by Gasteiger charge is -2.15. The van der Waals surface area contributed by atoms with Crippen molar-refractivity contribution in [2.75, 3.05) is 19.6 Å². The first-order valence-electron chi connectivity index (χ1n) is 9.68. The quantitative estimate of drug-likeness (QED) is 0.373. The molecular formula is C21H29FN4O2. The van der Waals surface area contributed by atoms with Crippen LogP contribution in [0.25, 0.3) is 0 Å². The number of aromatic nitrogens is 1. The number of aliphatic imine (C=N–C) groups is 1. The Bertz CT molecular complexity index is 789. The van der Waals surface area contributed by atoms with Crippen LogP contribution in [0.4, 0.5) is 4.39 Å². The van der Waals surface area contributed by atoms with Crippen LogP contribution in [0.15, 0.2) is 58.4 Å². The van der Waals surface area contributed by atoms with Crippen LogP contribution < -0.4 is 20.9 Å². The molecule has 1 aromatic carbocycles. The van der Waals surface area contributed by atoms with Crippen molar-refractivity contribution in [3.05, 3.63) is 64.8 Å². The van der Waals surface area contributed by atoms with Gasteiger partial charge < -0.3 is 19.9 Å². The van der Waals surface area contributed by atoms with Crippen LogP contribution in [-0.2, 0) is 6.54 Å². The lowest BCUT2D eigenvalue weighted by Crippen LogP contribution is -2.38. The van der Waals surface area contributed by atoms with E-state index in [-0.39, 0.29) is 17.5 Å². The van der Waals surface area contributed by atoms with E-state index in [4.69, 9.17) is 4.74 Å². The molecule has 0 aliphatic rings. The van der Waals surface area contributed by atoms with Crippen molar-refractivity contribution < 1.29 is 9.13 Å². The summed E-state index contributed by atoms with van der Waals surface area (Å²) in [5.41, 5.74) is 0.0282. The fraction of sp³-hybridized carbons (Fsp3) is 0.429. The molecular weight excluding hydrogens is 359 g/mol. The van der Waals surface area contributed by atoms with Crippen molar-refractivity contribution >= 4 is 5.96 Å². The SMILES string of the molecule is CCNC(=NCC(C)Oc1ccc(F)cc1)NCCCCn1ccccc1=O. The minimum atomic E-state index is -0.284. The Kier molecular flexibility index (Phi) is 9.04. The van der Waals surface area contributed by atoms with Gasteiger partial charge in [-0.15, -0.1) is 0 Å². The zero-order valence-electron chi connectivity index (χ0n) is 16.5. The van der Waals surface area contributed by atoms with E-state index in [1.54, 1.807) is 28.8 Å². The molecule has 0 saturated heterocycles. The van der Waals surface area contributed by atoms with Gasteiger partial charge in [-0.3, -0.25) is 4.79 Å². The number of aryl methyl sites for hydroxylation is 1. The van der Waals surface area contributed by atoms with E-state index in [1.807, 2.05) is 26.1 Å². The van der Waals surface area contributed by atoms with Gasteiger partial charge in [-0.2, -0.15) is 0 Å². The second-order valence-corrected chi connectivity index (χ2v) is 6.47. The van der Waals surface area contributed by atoms with Gasteiger partial charge in [0.1, 0.15) is 17.7 Å². The molecule has 1 heterocycles. The molecule has 0 saturated carbocycles. The van der Waals surface area contributed by atoms with Crippen molar-refractivity contribution in [1.82, 2.24) is 15.2 Å². The normalized spacial score (nSPS) is 12.5. The third-order valence-electron chi connectivity index (χ3n) is 4.02. The molecule has 2 rings (SSSR count). The highest BCUT2D eigenvalue weighted by Crippen LogP contribution is 2.13. The van der Waals surface area contributed by atoms with Crippen LogP contribution in [0.5, 0.6) is 5.75 Å². The Labute approximate surface area is 165 Å². The molecule has 7 heteroatoms. The van der Waals surface area contributed by atoms with E-state index in [2.05, 4.69) is 15.6 Å². The Morgan fingerprint density at radius 1 is 1.18 bits per heavy atom. The number of rotatable bonds is 10. The molecule has 0 spiro atoms. The lowest BCUT2D eigenvalue weighted by atomic mass is 10.3. The zero-order valence-corrected chi connectivity index (χ0v) is 16.5. The first-order chi connectivity index (χ1) is 13.6. The van der Waals surface area contributed by atoms with E-state index in [0.717, 1.165) is 31.9 Å². The summed E-state index contributed by atoms with van der Waals surface area (Å²) in [4.78, 5) is 16.2. The second kappa shape index (κ2) is 11.8. The predicted molar refractivity (Wildman–Crippen MR) is 110 cm³/mol. The highest BCUT2D eigenvalue weighted by Gasteiger charge is 2.05. The number of nitrogens with zero attached hydrogens (tertiary/aromatic N) is 2. The summed E-state index contributed by atoms with van der Waals surface area (Å²) in [6, 6.07) is 11.2. The minimum absolute atomic E-state index is 0.0282. The first-order valence-corrected chi connectivity index (χ1v) is 9.68. The number of ether oxygens (including phenoxy) is 1. The molecule has 0 radical (unpaired) electrons. The molecule has 1 aromatic heterocycles. The van der Waals surface area contributed by atoms with Crippen molar-refractivity contribution in [3.63, 3.8) is 0 Å². The summed E-state index contributed by atoms with van der Waals surface area (Å²) in [7, 11) is 0. The number of pyridine rings is 1. The minimum Gasteiger partial charge on any atom is -0.489 e. The molecule has 0 fully saturated rings. The van der Waals surface area contributed by atoms with Crippen LogP contribution in [-0.4, -0.2) is 36.3 Å². The van der Waals surface area contributed by atoms with E-state index in [0.29, 0.717) is 18.8 Å². The fourth-order valence-electron chi connectivity index (χ4n) is 2.60. The molecule has 6 nitrogen and oxygen atoms in total. The Morgan fingerprint density at radius 3 is 2.68 bits per heavy atom. The number of hydrogen-bond acceptors (Lipinski definition) is 3. The fourth-order valence-corrected chi connectivity index (χ4v) is 2.60. The van der Waals surface area contributed by atoms with Gasteiger partial charge in [-0.25, -0.2) is 9.38 Å². The van der Waals surface area contributed by atoms with Crippen molar-refractivity contribution in [2.24, 2.45) is 4.99 Å². The summed E-state index contributed by atoms with van der Waals surface area (Å²) in [6.07, 6.45) is 3.50. The lowest BCUT2D eigenvalue weighted by molar-refractivity contribution is 0.230. The van der Waals surface area contributed by atoms with Crippen molar-refractivity contribution in [2.45, 2.75) is 39.3 Å². The molecule has 0 bridgehead atoms. The molecule has 0 amide bonds. The summed E-state index contributed by atoms with van der Waals surface area (Å²) in [5, 5.41) is 6.50. The summed E-state index contributed by atoms with van der Waals surface area (Å²) < 4.78 is 20.4. The topological polar surface area (TPSA) is 67.7 Å². The van der Waals surface area contributed by atoms with Crippen LogP contribution in [0, 0.1) is 5.82 Å². The van der Waals surface area contributed by atoms with E-state index >= 15 is 0 Å². The van der Waals surface area contributed by atoms with Gasteiger partial charge in [0.25, 0.3) is 0 Å². The predicted octanol–water partition coefficient (Wildman–Crippen LogP) is 2.79. The van der Waals surface area contributed by atoms with Crippen LogP contribution >= 0.6 is 0 Å². The average molecular weight is 388 g/mol. The van der Waals surface area contributed by atoms with Crippen molar-refractivity contribution in [1.29, 1.82) is 0 Å². The molecule has 1 unspecified atom stereocenters. The van der Waals surface area contributed by atoms with E-state index < -0.39 is 0 Å². The molecule has 152 valence electrons. The van der Waals surface area contributed by atoms with Gasteiger partial charge in [0.05, 0.1) is 6.54 Å². The van der Waals surface area contributed by atoms with Crippen molar-refractivity contribution in [3.8, 4) is 5.75 Å². The third kappa shape index (κ3) is 7.82. The molecule has 0 aliphatic carbocycles. The number of benzene rings is 1. The molecule has 2 N–H and O–H groups in total. The van der Waals surface area contributed by atoms with Gasteiger partial charge in [0.15, 0.2) is 5.96 Å². The van der Waals surface area contributed by atoms with Gasteiger partial charge in [0, 0.05) is 31.9 Å². The maximum absolute atomic E-state index is 12.9. The first kappa shape index (κ1) is 21.5.